The smallest absolute Gasteiger partial charge is 0.165 e. The van der Waals surface area contributed by atoms with Gasteiger partial charge in [0.25, 0.3) is 0 Å². The Bertz CT molecular complexity index is 937. The first kappa shape index (κ1) is 20.0. The maximum Gasteiger partial charge on any atom is 0.165 e. The molecule has 3 aromatic carbocycles. The molecule has 0 saturated heterocycles. The standard InChI is InChI=1S/C24H24F2O2/c1-17-13-19(10-12-21(17)25)24(2,3)16-27-15-18-9-11-22(26)23(14-18)28-20-7-5-4-6-8-20/h4-14H,15-16H2,1-3H3. The first-order valence-corrected chi connectivity index (χ1v) is 9.21. The molecule has 0 unspecified atom stereocenters. The molecule has 2 nitrogen and oxygen atoms in total. The van der Waals surface area contributed by atoms with Gasteiger partial charge in [-0.25, -0.2) is 8.78 Å². The normalized spacial score (nSPS) is 11.5. The molecule has 0 heterocycles. The van der Waals surface area contributed by atoms with Crippen molar-refractivity contribution in [3.8, 4) is 11.5 Å². The lowest BCUT2D eigenvalue weighted by Crippen LogP contribution is -2.24. The lowest BCUT2D eigenvalue weighted by molar-refractivity contribution is 0.0823. The van der Waals surface area contributed by atoms with Gasteiger partial charge in [0.1, 0.15) is 11.6 Å². The van der Waals surface area contributed by atoms with Crippen LogP contribution in [0.5, 0.6) is 11.5 Å². The number of benzene rings is 3. The van der Waals surface area contributed by atoms with E-state index >= 15 is 0 Å². The van der Waals surface area contributed by atoms with E-state index in [0.717, 1.165) is 11.1 Å². The topological polar surface area (TPSA) is 18.5 Å². The first-order chi connectivity index (χ1) is 13.3. The van der Waals surface area contributed by atoms with Crippen molar-refractivity contribution in [2.75, 3.05) is 6.61 Å². The Morgan fingerprint density at radius 2 is 1.57 bits per heavy atom. The second-order valence-electron chi connectivity index (χ2n) is 7.52. The molecule has 0 aromatic heterocycles. The molecule has 0 aliphatic carbocycles. The van der Waals surface area contributed by atoms with Crippen LogP contribution < -0.4 is 4.74 Å². The summed E-state index contributed by atoms with van der Waals surface area (Å²) in [5.41, 5.74) is 2.17. The summed E-state index contributed by atoms with van der Waals surface area (Å²) < 4.78 is 39.1. The van der Waals surface area contributed by atoms with Crippen LogP contribution in [0.15, 0.2) is 66.7 Å². The van der Waals surface area contributed by atoms with E-state index in [9.17, 15) is 8.78 Å². The largest absolute Gasteiger partial charge is 0.454 e. The number of rotatable bonds is 7. The van der Waals surface area contributed by atoms with Crippen molar-refractivity contribution in [3.05, 3.63) is 95.1 Å². The number of ether oxygens (including phenoxy) is 2. The highest BCUT2D eigenvalue weighted by atomic mass is 19.1. The highest BCUT2D eigenvalue weighted by Gasteiger charge is 2.22. The van der Waals surface area contributed by atoms with Gasteiger partial charge in [0, 0.05) is 5.41 Å². The Balaban J connectivity index is 1.64. The van der Waals surface area contributed by atoms with Crippen LogP contribution in [0.2, 0.25) is 0 Å². The number of para-hydroxylation sites is 1. The van der Waals surface area contributed by atoms with E-state index in [4.69, 9.17) is 9.47 Å². The predicted octanol–water partition coefficient (Wildman–Crippen LogP) is 6.56. The van der Waals surface area contributed by atoms with Crippen LogP contribution in [-0.4, -0.2) is 6.61 Å². The van der Waals surface area contributed by atoms with E-state index < -0.39 is 5.82 Å². The molecule has 0 atom stereocenters. The van der Waals surface area contributed by atoms with Crippen LogP contribution in [0.3, 0.4) is 0 Å². The first-order valence-electron chi connectivity index (χ1n) is 9.21. The number of hydrogen-bond donors (Lipinski definition) is 0. The van der Waals surface area contributed by atoms with Crippen LogP contribution in [0, 0.1) is 18.6 Å². The Hall–Kier alpha value is -2.72. The summed E-state index contributed by atoms with van der Waals surface area (Å²) >= 11 is 0. The number of hydrogen-bond acceptors (Lipinski definition) is 2. The molecule has 4 heteroatoms. The summed E-state index contributed by atoms with van der Waals surface area (Å²) in [6.45, 7) is 6.63. The van der Waals surface area contributed by atoms with E-state index in [1.807, 2.05) is 38.1 Å². The highest BCUT2D eigenvalue weighted by Crippen LogP contribution is 2.28. The van der Waals surface area contributed by atoms with Crippen molar-refractivity contribution in [1.82, 2.24) is 0 Å². The zero-order valence-electron chi connectivity index (χ0n) is 16.3. The summed E-state index contributed by atoms with van der Waals surface area (Å²) in [5, 5.41) is 0. The molecule has 0 N–H and O–H groups in total. The quantitative estimate of drug-likeness (QED) is 0.461. The van der Waals surface area contributed by atoms with Crippen LogP contribution in [0.25, 0.3) is 0 Å². The minimum atomic E-state index is -0.422. The number of halogens is 2. The maximum atomic E-state index is 14.1. The SMILES string of the molecule is Cc1cc(C(C)(C)COCc2ccc(F)c(Oc3ccccc3)c2)ccc1F. The van der Waals surface area contributed by atoms with Gasteiger partial charge in [0.15, 0.2) is 11.6 Å². The van der Waals surface area contributed by atoms with E-state index in [2.05, 4.69) is 0 Å². The van der Waals surface area contributed by atoms with Crippen LogP contribution >= 0.6 is 0 Å². The lowest BCUT2D eigenvalue weighted by Gasteiger charge is -2.25. The predicted molar refractivity (Wildman–Crippen MR) is 107 cm³/mol. The van der Waals surface area contributed by atoms with Crippen LogP contribution in [-0.2, 0) is 16.8 Å². The van der Waals surface area contributed by atoms with Gasteiger partial charge in [-0.3, -0.25) is 0 Å². The number of aryl methyl sites for hydroxylation is 1. The second-order valence-corrected chi connectivity index (χ2v) is 7.52. The molecule has 146 valence electrons. The van der Waals surface area contributed by atoms with Gasteiger partial charge in [-0.05, 0) is 53.9 Å². The van der Waals surface area contributed by atoms with Gasteiger partial charge >= 0.3 is 0 Å². The average molecular weight is 382 g/mol. The lowest BCUT2D eigenvalue weighted by atomic mass is 9.85. The molecule has 28 heavy (non-hydrogen) atoms. The minimum absolute atomic E-state index is 0.167. The van der Waals surface area contributed by atoms with Gasteiger partial charge in [-0.2, -0.15) is 0 Å². The third-order valence-electron chi connectivity index (χ3n) is 4.64. The fourth-order valence-corrected chi connectivity index (χ4v) is 2.90. The summed E-state index contributed by atoms with van der Waals surface area (Å²) in [6, 6.07) is 18.9. The van der Waals surface area contributed by atoms with Gasteiger partial charge in [0.2, 0.25) is 0 Å². The monoisotopic (exact) mass is 382 g/mol. The van der Waals surface area contributed by atoms with Gasteiger partial charge in [0.05, 0.1) is 13.2 Å². The van der Waals surface area contributed by atoms with Crippen LogP contribution in [0.4, 0.5) is 8.78 Å². The zero-order chi connectivity index (χ0) is 20.1. The van der Waals surface area contributed by atoms with Crippen LogP contribution in [0.1, 0.15) is 30.5 Å². The van der Waals surface area contributed by atoms with Crippen molar-refractivity contribution in [2.45, 2.75) is 32.8 Å². The Kier molecular flexibility index (Phi) is 6.10. The average Bonchev–Trinajstić information content (AvgIpc) is 2.67. The van der Waals surface area contributed by atoms with Gasteiger partial charge < -0.3 is 9.47 Å². The molecule has 3 aromatic rings. The fraction of sp³-hybridized carbons (Fsp3) is 0.250. The zero-order valence-corrected chi connectivity index (χ0v) is 16.3. The van der Waals surface area contributed by atoms with Crippen molar-refractivity contribution in [3.63, 3.8) is 0 Å². The molecule has 0 aliphatic rings. The second kappa shape index (κ2) is 8.53. The summed E-state index contributed by atoms with van der Waals surface area (Å²) in [5.74, 6) is 0.112. The fourth-order valence-electron chi connectivity index (χ4n) is 2.90. The Labute approximate surface area is 164 Å². The highest BCUT2D eigenvalue weighted by molar-refractivity contribution is 5.35. The molecule has 0 spiro atoms. The minimum Gasteiger partial charge on any atom is -0.454 e. The summed E-state index contributed by atoms with van der Waals surface area (Å²) in [6.07, 6.45) is 0. The molecule has 0 saturated carbocycles. The van der Waals surface area contributed by atoms with E-state index in [1.54, 1.807) is 37.3 Å². The van der Waals surface area contributed by atoms with E-state index in [1.165, 1.54) is 12.1 Å². The molecular weight excluding hydrogens is 358 g/mol. The Morgan fingerprint density at radius 1 is 0.857 bits per heavy atom. The maximum absolute atomic E-state index is 14.1. The van der Waals surface area contributed by atoms with Crippen molar-refractivity contribution < 1.29 is 18.3 Å². The molecule has 3 rings (SSSR count). The van der Waals surface area contributed by atoms with Crippen molar-refractivity contribution in [1.29, 1.82) is 0 Å². The van der Waals surface area contributed by atoms with Gasteiger partial charge in [-0.1, -0.05) is 50.2 Å². The summed E-state index contributed by atoms with van der Waals surface area (Å²) in [7, 11) is 0. The van der Waals surface area contributed by atoms with Crippen molar-refractivity contribution in [2.24, 2.45) is 0 Å². The molecule has 0 fully saturated rings. The molecule has 0 aliphatic heterocycles. The van der Waals surface area contributed by atoms with Crippen molar-refractivity contribution >= 4 is 0 Å². The molecule has 0 radical (unpaired) electrons. The Morgan fingerprint density at radius 3 is 2.29 bits per heavy atom. The molecule has 0 amide bonds. The summed E-state index contributed by atoms with van der Waals surface area (Å²) in [4.78, 5) is 0. The molecule has 0 bridgehead atoms. The van der Waals surface area contributed by atoms with Gasteiger partial charge in [-0.15, -0.1) is 0 Å². The molecular formula is C24H24F2O2. The van der Waals surface area contributed by atoms with E-state index in [0.29, 0.717) is 24.5 Å². The third kappa shape index (κ3) is 4.96. The van der Waals surface area contributed by atoms with E-state index in [-0.39, 0.29) is 17.0 Å². The third-order valence-corrected chi connectivity index (χ3v) is 4.64.